The predicted molar refractivity (Wildman–Crippen MR) is 84.9 cm³/mol. The van der Waals surface area contributed by atoms with E-state index in [4.69, 9.17) is 0 Å². The van der Waals surface area contributed by atoms with Gasteiger partial charge in [0, 0.05) is 0 Å². The number of rotatable bonds is 5. The van der Waals surface area contributed by atoms with Gasteiger partial charge in [-0.05, 0) is 40.4 Å². The molecule has 110 valence electrons. The zero-order chi connectivity index (χ0) is 15.0. The Kier molecular flexibility index (Phi) is 5.17. The molecule has 0 rings (SSSR count). The average Bonchev–Trinajstić information content (AvgIpc) is 1.95. The first kappa shape index (κ1) is 18.0. The standard InChI is InChI=1S/C18H38/c1-14(2)12-16(6,7)18(10,11)17(8,9)13-15(3,4)5/h14H,12-13H2,1-11H3. The topological polar surface area (TPSA) is 0 Å². The quantitative estimate of drug-likeness (QED) is 0.522. The fraction of sp³-hybridized carbons (Fsp3) is 1.00. The highest BCUT2D eigenvalue weighted by atomic mass is 14.5. The number of hydrogen-bond acceptors (Lipinski definition) is 0. The maximum atomic E-state index is 2.47. The van der Waals surface area contributed by atoms with Crippen molar-refractivity contribution < 1.29 is 0 Å². The molecule has 0 amide bonds. The third-order valence-electron chi connectivity index (χ3n) is 5.27. The van der Waals surface area contributed by atoms with Crippen molar-refractivity contribution in [2.45, 2.75) is 89.0 Å². The molecule has 0 bridgehead atoms. The van der Waals surface area contributed by atoms with Crippen LogP contribution in [0.15, 0.2) is 0 Å². The highest BCUT2D eigenvalue weighted by Gasteiger charge is 2.48. The van der Waals surface area contributed by atoms with Crippen LogP contribution in [0.3, 0.4) is 0 Å². The molecule has 0 spiro atoms. The van der Waals surface area contributed by atoms with Crippen molar-refractivity contribution in [3.8, 4) is 0 Å². The highest BCUT2D eigenvalue weighted by molar-refractivity contribution is 4.98. The minimum atomic E-state index is 0.331. The second-order valence-corrected chi connectivity index (χ2v) is 9.73. The summed E-state index contributed by atoms with van der Waals surface area (Å²) in [5.74, 6) is 0.768. The van der Waals surface area contributed by atoms with Gasteiger partial charge in [0.05, 0.1) is 0 Å². The van der Waals surface area contributed by atoms with E-state index in [2.05, 4.69) is 76.2 Å². The third kappa shape index (κ3) is 4.28. The maximum absolute atomic E-state index is 2.47. The summed E-state index contributed by atoms with van der Waals surface area (Å²) in [5.41, 5.74) is 1.45. The van der Waals surface area contributed by atoms with Crippen molar-refractivity contribution in [2.75, 3.05) is 0 Å². The Morgan fingerprint density at radius 2 is 1.06 bits per heavy atom. The monoisotopic (exact) mass is 254 g/mol. The number of hydrogen-bond donors (Lipinski definition) is 0. The van der Waals surface area contributed by atoms with Crippen LogP contribution in [0.4, 0.5) is 0 Å². The van der Waals surface area contributed by atoms with Gasteiger partial charge in [-0.2, -0.15) is 0 Å². The molecule has 0 radical (unpaired) electrons. The van der Waals surface area contributed by atoms with Crippen LogP contribution in [0.25, 0.3) is 0 Å². The second kappa shape index (κ2) is 5.17. The van der Waals surface area contributed by atoms with Crippen molar-refractivity contribution >= 4 is 0 Å². The molecule has 0 aliphatic heterocycles. The highest BCUT2D eigenvalue weighted by Crippen LogP contribution is 2.57. The molecule has 0 fully saturated rings. The molecule has 0 aromatic rings. The molecule has 0 aliphatic carbocycles. The molecular formula is C18H38. The molecule has 18 heavy (non-hydrogen) atoms. The molecule has 0 aromatic heterocycles. The summed E-state index contributed by atoms with van der Waals surface area (Å²) in [7, 11) is 0. The zero-order valence-electron chi connectivity index (χ0n) is 15.0. The van der Waals surface area contributed by atoms with E-state index >= 15 is 0 Å². The summed E-state index contributed by atoms with van der Waals surface area (Å²) >= 11 is 0. The molecule has 0 heterocycles. The Bertz CT molecular complexity index is 258. The van der Waals surface area contributed by atoms with Crippen LogP contribution in [0, 0.1) is 27.6 Å². The average molecular weight is 255 g/mol. The van der Waals surface area contributed by atoms with E-state index in [0.717, 1.165) is 5.92 Å². The molecule has 0 saturated heterocycles. The lowest BCUT2D eigenvalue weighted by Crippen LogP contribution is -2.46. The molecule has 0 aromatic carbocycles. The van der Waals surface area contributed by atoms with Gasteiger partial charge in [-0.25, -0.2) is 0 Å². The van der Waals surface area contributed by atoms with Gasteiger partial charge < -0.3 is 0 Å². The summed E-state index contributed by atoms with van der Waals surface area (Å²) in [6.45, 7) is 26.5. The van der Waals surface area contributed by atoms with Crippen LogP contribution in [0.5, 0.6) is 0 Å². The predicted octanol–water partition coefficient (Wildman–Crippen LogP) is 6.55. The van der Waals surface area contributed by atoms with Gasteiger partial charge in [-0.3, -0.25) is 0 Å². The fourth-order valence-corrected chi connectivity index (χ4v) is 3.74. The van der Waals surface area contributed by atoms with Crippen LogP contribution in [0.1, 0.15) is 89.0 Å². The minimum absolute atomic E-state index is 0.331. The summed E-state index contributed by atoms with van der Waals surface area (Å²) in [6.07, 6.45) is 2.57. The maximum Gasteiger partial charge on any atom is -0.0251 e. The van der Waals surface area contributed by atoms with Crippen LogP contribution >= 0.6 is 0 Å². The Morgan fingerprint density at radius 1 is 0.667 bits per heavy atom. The molecule has 0 nitrogen and oxygen atoms in total. The molecule has 0 atom stereocenters. The van der Waals surface area contributed by atoms with Gasteiger partial charge in [0.15, 0.2) is 0 Å². The first-order valence-electron chi connectivity index (χ1n) is 7.62. The summed E-state index contributed by atoms with van der Waals surface area (Å²) < 4.78 is 0. The second-order valence-electron chi connectivity index (χ2n) is 9.73. The Balaban J connectivity index is 5.22. The van der Waals surface area contributed by atoms with Crippen LogP contribution in [-0.2, 0) is 0 Å². The van der Waals surface area contributed by atoms with Gasteiger partial charge in [0.1, 0.15) is 0 Å². The lowest BCUT2D eigenvalue weighted by atomic mass is 9.50. The zero-order valence-corrected chi connectivity index (χ0v) is 15.0. The van der Waals surface area contributed by atoms with Crippen molar-refractivity contribution in [1.82, 2.24) is 0 Å². The first-order valence-corrected chi connectivity index (χ1v) is 7.62. The molecule has 0 heteroatoms. The fourth-order valence-electron chi connectivity index (χ4n) is 3.74. The molecule has 0 aliphatic rings. The first-order chi connectivity index (χ1) is 7.62. The van der Waals surface area contributed by atoms with E-state index in [9.17, 15) is 0 Å². The smallest absolute Gasteiger partial charge is 0.0251 e. The normalized spacial score (nSPS) is 15.3. The van der Waals surface area contributed by atoms with Crippen LogP contribution in [-0.4, -0.2) is 0 Å². The third-order valence-corrected chi connectivity index (χ3v) is 5.27. The van der Waals surface area contributed by atoms with Gasteiger partial charge >= 0.3 is 0 Å². The Labute approximate surface area is 117 Å². The van der Waals surface area contributed by atoms with Gasteiger partial charge in [-0.15, -0.1) is 0 Å². The van der Waals surface area contributed by atoms with Gasteiger partial charge in [0.25, 0.3) is 0 Å². The van der Waals surface area contributed by atoms with E-state index in [1.54, 1.807) is 0 Å². The van der Waals surface area contributed by atoms with Crippen molar-refractivity contribution in [3.05, 3.63) is 0 Å². The van der Waals surface area contributed by atoms with Gasteiger partial charge in [-0.1, -0.05) is 76.2 Å². The summed E-state index contributed by atoms with van der Waals surface area (Å²) in [5, 5.41) is 0. The van der Waals surface area contributed by atoms with Crippen molar-refractivity contribution in [2.24, 2.45) is 27.6 Å². The van der Waals surface area contributed by atoms with E-state index in [-0.39, 0.29) is 0 Å². The SMILES string of the molecule is CC(C)CC(C)(C)C(C)(C)C(C)(C)CC(C)(C)C. The lowest BCUT2D eigenvalue weighted by Gasteiger charge is -2.55. The lowest BCUT2D eigenvalue weighted by molar-refractivity contribution is -0.0527. The van der Waals surface area contributed by atoms with E-state index in [0.29, 0.717) is 21.7 Å². The van der Waals surface area contributed by atoms with Crippen LogP contribution in [0.2, 0.25) is 0 Å². The van der Waals surface area contributed by atoms with E-state index < -0.39 is 0 Å². The van der Waals surface area contributed by atoms with Crippen LogP contribution < -0.4 is 0 Å². The largest absolute Gasteiger partial charge is 0.0628 e. The molecule has 0 unspecified atom stereocenters. The summed E-state index contributed by atoms with van der Waals surface area (Å²) in [4.78, 5) is 0. The van der Waals surface area contributed by atoms with Crippen molar-refractivity contribution in [3.63, 3.8) is 0 Å². The van der Waals surface area contributed by atoms with Gasteiger partial charge in [0.2, 0.25) is 0 Å². The van der Waals surface area contributed by atoms with E-state index in [1.165, 1.54) is 12.8 Å². The molecule has 0 N–H and O–H groups in total. The van der Waals surface area contributed by atoms with Crippen molar-refractivity contribution in [1.29, 1.82) is 0 Å². The van der Waals surface area contributed by atoms with E-state index in [1.807, 2.05) is 0 Å². The Hall–Kier alpha value is 0. The minimum Gasteiger partial charge on any atom is -0.0628 e. The Morgan fingerprint density at radius 3 is 1.33 bits per heavy atom. The molecular weight excluding hydrogens is 216 g/mol. The summed E-state index contributed by atoms with van der Waals surface area (Å²) in [6, 6.07) is 0. The molecule has 0 saturated carbocycles.